The number of nitro benzene ring substituents is 1. The Labute approximate surface area is 202 Å². The molecule has 34 heavy (non-hydrogen) atoms. The smallest absolute Gasteiger partial charge is 0.277 e. The normalized spacial score (nSPS) is 15.0. The number of hydrogen-bond acceptors (Lipinski definition) is 6. The maximum absolute atomic E-state index is 13.3. The Morgan fingerprint density at radius 1 is 1.15 bits per heavy atom. The molecule has 176 valence electrons. The zero-order chi connectivity index (χ0) is 24.2. The second-order valence-electron chi connectivity index (χ2n) is 7.90. The van der Waals surface area contributed by atoms with Gasteiger partial charge in [0, 0.05) is 5.02 Å². The van der Waals surface area contributed by atoms with Crippen LogP contribution in [0.5, 0.6) is 17.2 Å². The maximum atomic E-state index is 13.3. The van der Waals surface area contributed by atoms with E-state index in [1.165, 1.54) is 12.1 Å². The summed E-state index contributed by atoms with van der Waals surface area (Å²) >= 11 is 6.15. The molecule has 1 aliphatic rings. The summed E-state index contributed by atoms with van der Waals surface area (Å²) in [5.74, 6) is 0.585. The number of carbonyl (C=O) groups is 1. The zero-order valence-electron chi connectivity index (χ0n) is 18.6. The molecule has 0 saturated carbocycles. The van der Waals surface area contributed by atoms with Crippen molar-refractivity contribution in [3.05, 3.63) is 86.9 Å². The van der Waals surface area contributed by atoms with Crippen LogP contribution in [0.3, 0.4) is 0 Å². The lowest BCUT2D eigenvalue weighted by Gasteiger charge is -2.35. The Hall–Kier alpha value is -3.62. The molecule has 1 atom stereocenters. The predicted molar refractivity (Wildman–Crippen MR) is 130 cm³/mol. The second kappa shape index (κ2) is 10.1. The van der Waals surface area contributed by atoms with Crippen molar-refractivity contribution in [3.63, 3.8) is 0 Å². The van der Waals surface area contributed by atoms with Crippen molar-refractivity contribution in [3.8, 4) is 17.2 Å². The van der Waals surface area contributed by atoms with E-state index in [-0.39, 0.29) is 29.6 Å². The van der Waals surface area contributed by atoms with Gasteiger partial charge < -0.3 is 15.2 Å². The molecule has 0 fully saturated rings. The number of benzene rings is 3. The summed E-state index contributed by atoms with van der Waals surface area (Å²) in [4.78, 5) is 26.0. The molecular weight excluding hydrogens is 458 g/mol. The molecule has 3 aromatic rings. The van der Waals surface area contributed by atoms with Gasteiger partial charge in [-0.3, -0.25) is 19.8 Å². The SMILES string of the molecule is CCC1Oc2cc([N+](=O)[O-])cc(Oc3ccc(CCN)cc3)c2N(Cc2cccc(Cl)c2)C1=O. The molecule has 0 saturated heterocycles. The van der Waals surface area contributed by atoms with Crippen LogP contribution < -0.4 is 20.1 Å². The van der Waals surface area contributed by atoms with Crippen LogP contribution in [0.1, 0.15) is 24.5 Å². The molecule has 4 rings (SSSR count). The Morgan fingerprint density at radius 2 is 1.91 bits per heavy atom. The van der Waals surface area contributed by atoms with Gasteiger partial charge in [0.05, 0.1) is 23.6 Å². The number of non-ortho nitro benzene ring substituents is 1. The molecule has 1 amide bonds. The Bertz CT molecular complexity index is 1220. The van der Waals surface area contributed by atoms with E-state index in [1.807, 2.05) is 25.1 Å². The lowest BCUT2D eigenvalue weighted by molar-refractivity contribution is -0.385. The molecule has 0 aliphatic carbocycles. The van der Waals surface area contributed by atoms with Crippen LogP contribution in [0.15, 0.2) is 60.7 Å². The summed E-state index contributed by atoms with van der Waals surface area (Å²) in [6.45, 7) is 2.55. The lowest BCUT2D eigenvalue weighted by atomic mass is 10.1. The third kappa shape index (κ3) is 4.98. The summed E-state index contributed by atoms with van der Waals surface area (Å²) in [6, 6.07) is 17.1. The first-order valence-corrected chi connectivity index (χ1v) is 11.3. The molecule has 8 nitrogen and oxygen atoms in total. The molecule has 0 bridgehead atoms. The lowest BCUT2D eigenvalue weighted by Crippen LogP contribution is -2.45. The van der Waals surface area contributed by atoms with Crippen LogP contribution in [0.4, 0.5) is 11.4 Å². The molecule has 1 aliphatic heterocycles. The summed E-state index contributed by atoms with van der Waals surface area (Å²) in [7, 11) is 0. The van der Waals surface area contributed by atoms with Gasteiger partial charge in [0.2, 0.25) is 0 Å². The quantitative estimate of drug-likeness (QED) is 0.348. The van der Waals surface area contributed by atoms with Gasteiger partial charge in [-0.15, -0.1) is 0 Å². The number of ether oxygens (including phenoxy) is 2. The van der Waals surface area contributed by atoms with Gasteiger partial charge in [-0.25, -0.2) is 0 Å². The van der Waals surface area contributed by atoms with Crippen LogP contribution in [0.25, 0.3) is 0 Å². The van der Waals surface area contributed by atoms with Crippen LogP contribution in [0, 0.1) is 10.1 Å². The largest absolute Gasteiger partial charge is 0.478 e. The molecule has 0 spiro atoms. The number of carbonyl (C=O) groups excluding carboxylic acids is 1. The van der Waals surface area contributed by atoms with E-state index in [0.717, 1.165) is 17.5 Å². The van der Waals surface area contributed by atoms with E-state index >= 15 is 0 Å². The highest BCUT2D eigenvalue weighted by molar-refractivity contribution is 6.30. The minimum Gasteiger partial charge on any atom is -0.478 e. The third-order valence-corrected chi connectivity index (χ3v) is 5.74. The van der Waals surface area contributed by atoms with Crippen LogP contribution in [-0.2, 0) is 17.8 Å². The Kier molecular flexibility index (Phi) is 7.00. The first-order valence-electron chi connectivity index (χ1n) is 10.9. The monoisotopic (exact) mass is 481 g/mol. The molecule has 9 heteroatoms. The summed E-state index contributed by atoms with van der Waals surface area (Å²) < 4.78 is 12.0. The van der Waals surface area contributed by atoms with Gasteiger partial charge in [0.25, 0.3) is 11.6 Å². The summed E-state index contributed by atoms with van der Waals surface area (Å²) in [6.07, 6.45) is 0.365. The number of nitro groups is 1. The van der Waals surface area contributed by atoms with Crippen molar-refractivity contribution in [1.82, 2.24) is 0 Å². The van der Waals surface area contributed by atoms with Crippen molar-refractivity contribution in [2.24, 2.45) is 5.73 Å². The number of fused-ring (bicyclic) bond motifs is 1. The average molecular weight is 482 g/mol. The van der Waals surface area contributed by atoms with E-state index in [9.17, 15) is 14.9 Å². The first kappa shape index (κ1) is 23.5. The average Bonchev–Trinajstić information content (AvgIpc) is 2.82. The van der Waals surface area contributed by atoms with Crippen LogP contribution in [-0.4, -0.2) is 23.5 Å². The molecule has 1 unspecified atom stereocenters. The van der Waals surface area contributed by atoms with Crippen molar-refractivity contribution in [2.45, 2.75) is 32.4 Å². The number of halogens is 1. The number of amides is 1. The van der Waals surface area contributed by atoms with E-state index < -0.39 is 11.0 Å². The third-order valence-electron chi connectivity index (χ3n) is 5.50. The van der Waals surface area contributed by atoms with Gasteiger partial charge in [-0.05, 0) is 54.8 Å². The minimum atomic E-state index is -0.767. The zero-order valence-corrected chi connectivity index (χ0v) is 19.3. The first-order chi connectivity index (χ1) is 16.4. The molecule has 1 heterocycles. The van der Waals surface area contributed by atoms with Gasteiger partial charge >= 0.3 is 0 Å². The standard InChI is InChI=1S/C25H24ClN3O5/c1-2-21-25(30)28(15-17-4-3-5-18(26)12-17)24-22(13-19(29(31)32)14-23(24)34-21)33-20-8-6-16(7-9-20)10-11-27/h3-9,12-14,21H,2,10-11,15,27H2,1H3. The van der Waals surface area contributed by atoms with Crippen molar-refractivity contribution < 1.29 is 19.2 Å². The topological polar surface area (TPSA) is 108 Å². The van der Waals surface area contributed by atoms with Gasteiger partial charge in [-0.1, -0.05) is 42.8 Å². The summed E-state index contributed by atoms with van der Waals surface area (Å²) in [5.41, 5.74) is 7.61. The Balaban J connectivity index is 1.80. The van der Waals surface area contributed by atoms with Gasteiger partial charge in [0.15, 0.2) is 17.6 Å². The number of nitrogens with two attached hydrogens (primary N) is 1. The number of anilines is 1. The molecule has 3 aromatic carbocycles. The highest BCUT2D eigenvalue weighted by Crippen LogP contribution is 2.47. The fourth-order valence-electron chi connectivity index (χ4n) is 3.85. The van der Waals surface area contributed by atoms with E-state index in [2.05, 4.69) is 0 Å². The highest BCUT2D eigenvalue weighted by Gasteiger charge is 2.37. The minimum absolute atomic E-state index is 0.153. The van der Waals surface area contributed by atoms with Crippen molar-refractivity contribution in [2.75, 3.05) is 11.4 Å². The number of rotatable bonds is 8. The van der Waals surface area contributed by atoms with E-state index in [1.54, 1.807) is 35.2 Å². The maximum Gasteiger partial charge on any atom is 0.277 e. The Morgan fingerprint density at radius 3 is 2.56 bits per heavy atom. The van der Waals surface area contributed by atoms with E-state index in [0.29, 0.717) is 29.4 Å². The van der Waals surface area contributed by atoms with Crippen molar-refractivity contribution >= 4 is 28.9 Å². The van der Waals surface area contributed by atoms with Gasteiger partial charge in [0.1, 0.15) is 11.4 Å². The number of hydrogen-bond donors (Lipinski definition) is 1. The van der Waals surface area contributed by atoms with Gasteiger partial charge in [-0.2, -0.15) is 0 Å². The fourth-order valence-corrected chi connectivity index (χ4v) is 4.06. The molecule has 2 N–H and O–H groups in total. The molecular formula is C25H24ClN3O5. The van der Waals surface area contributed by atoms with Crippen molar-refractivity contribution in [1.29, 1.82) is 0 Å². The van der Waals surface area contributed by atoms with Crippen LogP contribution >= 0.6 is 11.6 Å². The predicted octanol–water partition coefficient (Wildman–Crippen LogP) is 5.25. The molecule has 0 aromatic heterocycles. The number of nitrogens with zero attached hydrogens (tertiary/aromatic N) is 2. The molecule has 0 radical (unpaired) electrons. The highest BCUT2D eigenvalue weighted by atomic mass is 35.5. The second-order valence-corrected chi connectivity index (χ2v) is 8.34. The van der Waals surface area contributed by atoms with Crippen LogP contribution in [0.2, 0.25) is 5.02 Å². The fraction of sp³-hybridized carbons (Fsp3) is 0.240. The van der Waals surface area contributed by atoms with E-state index in [4.69, 9.17) is 26.8 Å². The summed E-state index contributed by atoms with van der Waals surface area (Å²) in [5, 5.41) is 12.2.